The molecule has 1 fully saturated rings. The number of Topliss-reactive ketones (excluding diaryl/α,β-unsaturated/α-hetero) is 1. The van der Waals surface area contributed by atoms with Gasteiger partial charge in [-0.3, -0.25) is 14.4 Å². The Labute approximate surface area is 223 Å². The van der Waals surface area contributed by atoms with Gasteiger partial charge in [0.05, 0.1) is 13.0 Å². The Bertz CT molecular complexity index is 1290. The van der Waals surface area contributed by atoms with Gasteiger partial charge in [-0.1, -0.05) is 32.9 Å². The molecule has 4 rings (SSSR count). The standard InChI is InChI=1S/C31H33NO6/c1-20(29(34)21-6-12-25(36-5)13-7-21)37-30(35)22-18-28(33)32(19-22)24-10-16-27(17-11-24)38-26-14-8-23(9-15-26)31(2,3)4/h6-17,20,22H,18-19H2,1-5H3/t20-,22+/m1/s1. The molecule has 2 atom stereocenters. The van der Waals surface area contributed by atoms with E-state index in [2.05, 4.69) is 32.9 Å². The summed E-state index contributed by atoms with van der Waals surface area (Å²) in [5, 5.41) is 0. The van der Waals surface area contributed by atoms with Crippen LogP contribution >= 0.6 is 0 Å². The maximum atomic E-state index is 12.8. The minimum Gasteiger partial charge on any atom is -0.497 e. The predicted molar refractivity (Wildman–Crippen MR) is 145 cm³/mol. The fourth-order valence-corrected chi connectivity index (χ4v) is 4.28. The van der Waals surface area contributed by atoms with E-state index in [4.69, 9.17) is 14.2 Å². The molecular formula is C31H33NO6. The zero-order chi connectivity index (χ0) is 27.4. The summed E-state index contributed by atoms with van der Waals surface area (Å²) >= 11 is 0. The van der Waals surface area contributed by atoms with E-state index in [0.717, 1.165) is 5.75 Å². The van der Waals surface area contributed by atoms with E-state index in [-0.39, 0.29) is 30.1 Å². The topological polar surface area (TPSA) is 82.1 Å². The van der Waals surface area contributed by atoms with Crippen LogP contribution in [0.4, 0.5) is 5.69 Å². The zero-order valence-corrected chi connectivity index (χ0v) is 22.4. The molecule has 0 unspecified atom stereocenters. The molecule has 0 N–H and O–H groups in total. The second-order valence-corrected chi connectivity index (χ2v) is 10.4. The minimum atomic E-state index is -0.964. The molecule has 0 spiro atoms. The Morgan fingerprint density at radius 1 is 0.868 bits per heavy atom. The lowest BCUT2D eigenvalue weighted by Gasteiger charge is -2.19. The second kappa shape index (κ2) is 11.1. The van der Waals surface area contributed by atoms with Gasteiger partial charge in [-0.25, -0.2) is 0 Å². The van der Waals surface area contributed by atoms with Gasteiger partial charge >= 0.3 is 5.97 Å². The molecule has 3 aromatic carbocycles. The average molecular weight is 516 g/mol. The Hall–Kier alpha value is -4.13. The van der Waals surface area contributed by atoms with Gasteiger partial charge in [0.1, 0.15) is 17.2 Å². The van der Waals surface area contributed by atoms with Gasteiger partial charge in [0.15, 0.2) is 6.10 Å². The molecule has 0 aromatic heterocycles. The molecule has 1 heterocycles. The normalized spacial score (nSPS) is 16.2. The third-order valence-electron chi connectivity index (χ3n) is 6.60. The first-order valence-corrected chi connectivity index (χ1v) is 12.6. The van der Waals surface area contributed by atoms with Gasteiger partial charge in [0.2, 0.25) is 11.7 Å². The van der Waals surface area contributed by atoms with Gasteiger partial charge in [-0.15, -0.1) is 0 Å². The van der Waals surface area contributed by atoms with E-state index in [1.165, 1.54) is 12.5 Å². The first-order valence-electron chi connectivity index (χ1n) is 12.6. The molecule has 0 bridgehead atoms. The van der Waals surface area contributed by atoms with Crippen molar-refractivity contribution in [1.82, 2.24) is 0 Å². The number of carbonyl (C=O) groups excluding carboxylic acids is 3. The van der Waals surface area contributed by atoms with Crippen LogP contribution in [0.15, 0.2) is 72.8 Å². The molecule has 1 aliphatic rings. The highest BCUT2D eigenvalue weighted by atomic mass is 16.5. The number of hydrogen-bond donors (Lipinski definition) is 0. The molecule has 1 saturated heterocycles. The van der Waals surface area contributed by atoms with Crippen LogP contribution in [0, 0.1) is 5.92 Å². The first kappa shape index (κ1) is 26.9. The van der Waals surface area contributed by atoms with E-state index in [1.807, 2.05) is 12.1 Å². The quantitative estimate of drug-likeness (QED) is 0.272. The van der Waals surface area contributed by atoms with Crippen molar-refractivity contribution < 1.29 is 28.6 Å². The summed E-state index contributed by atoms with van der Waals surface area (Å²) in [7, 11) is 1.54. The number of carbonyl (C=O) groups is 3. The van der Waals surface area contributed by atoms with Crippen molar-refractivity contribution in [3.05, 3.63) is 83.9 Å². The SMILES string of the molecule is COc1ccc(C(=O)[C@@H](C)OC(=O)[C@H]2CC(=O)N(c3ccc(Oc4ccc(C(C)(C)C)cc4)cc3)C2)cc1. The van der Waals surface area contributed by atoms with Crippen LogP contribution in [0.25, 0.3) is 0 Å². The monoisotopic (exact) mass is 515 g/mol. The van der Waals surface area contributed by atoms with Crippen molar-refractivity contribution in [2.75, 3.05) is 18.6 Å². The van der Waals surface area contributed by atoms with Crippen molar-refractivity contribution in [3.8, 4) is 17.2 Å². The Morgan fingerprint density at radius 2 is 1.42 bits per heavy atom. The summed E-state index contributed by atoms with van der Waals surface area (Å²) in [6.07, 6.45) is -0.936. The number of hydrogen-bond acceptors (Lipinski definition) is 6. The highest BCUT2D eigenvalue weighted by molar-refractivity contribution is 6.02. The molecule has 3 aromatic rings. The van der Waals surface area contributed by atoms with Crippen molar-refractivity contribution in [1.29, 1.82) is 0 Å². The van der Waals surface area contributed by atoms with Crippen molar-refractivity contribution in [3.63, 3.8) is 0 Å². The molecular weight excluding hydrogens is 482 g/mol. The van der Waals surface area contributed by atoms with E-state index in [0.29, 0.717) is 22.7 Å². The van der Waals surface area contributed by atoms with E-state index in [9.17, 15) is 14.4 Å². The fraction of sp³-hybridized carbons (Fsp3) is 0.323. The Morgan fingerprint density at radius 3 is 1.97 bits per heavy atom. The highest BCUT2D eigenvalue weighted by Crippen LogP contribution is 2.31. The van der Waals surface area contributed by atoms with Gasteiger partial charge in [0.25, 0.3) is 0 Å². The molecule has 0 saturated carbocycles. The summed E-state index contributed by atoms with van der Waals surface area (Å²) in [5.41, 5.74) is 2.38. The third-order valence-corrected chi connectivity index (χ3v) is 6.60. The summed E-state index contributed by atoms with van der Waals surface area (Å²) in [6, 6.07) is 21.8. The molecule has 7 nitrogen and oxygen atoms in total. The van der Waals surface area contributed by atoms with Crippen molar-refractivity contribution in [2.45, 2.75) is 45.6 Å². The number of esters is 1. The number of ketones is 1. The highest BCUT2D eigenvalue weighted by Gasteiger charge is 2.37. The van der Waals surface area contributed by atoms with Crippen molar-refractivity contribution >= 4 is 23.3 Å². The van der Waals surface area contributed by atoms with Gasteiger partial charge in [-0.2, -0.15) is 0 Å². The zero-order valence-electron chi connectivity index (χ0n) is 22.4. The second-order valence-electron chi connectivity index (χ2n) is 10.4. The molecule has 1 aliphatic heterocycles. The van der Waals surface area contributed by atoms with E-state index >= 15 is 0 Å². The molecule has 0 aliphatic carbocycles. The lowest BCUT2D eigenvalue weighted by atomic mass is 9.87. The number of ether oxygens (including phenoxy) is 3. The number of rotatable bonds is 8. The van der Waals surface area contributed by atoms with Crippen LogP contribution in [0.1, 0.15) is 50.0 Å². The van der Waals surface area contributed by atoms with E-state index < -0.39 is 18.0 Å². The maximum Gasteiger partial charge on any atom is 0.312 e. The summed E-state index contributed by atoms with van der Waals surface area (Å²) in [5.74, 6) is 0.304. The molecule has 0 radical (unpaired) electrons. The summed E-state index contributed by atoms with van der Waals surface area (Å²) in [4.78, 5) is 39.7. The Balaban J connectivity index is 1.34. The van der Waals surface area contributed by atoms with Crippen LogP contribution in [-0.2, 0) is 19.7 Å². The van der Waals surface area contributed by atoms with E-state index in [1.54, 1.807) is 60.5 Å². The number of anilines is 1. The number of benzene rings is 3. The van der Waals surface area contributed by atoms with Crippen LogP contribution < -0.4 is 14.4 Å². The molecule has 1 amide bonds. The van der Waals surface area contributed by atoms with Crippen LogP contribution in [0.2, 0.25) is 0 Å². The summed E-state index contributed by atoms with van der Waals surface area (Å²) < 4.78 is 16.5. The van der Waals surface area contributed by atoms with Crippen LogP contribution in [0.5, 0.6) is 17.2 Å². The number of methoxy groups -OCH3 is 1. The van der Waals surface area contributed by atoms with Gasteiger partial charge in [-0.05, 0) is 78.6 Å². The Kier molecular flexibility index (Phi) is 7.86. The fourth-order valence-electron chi connectivity index (χ4n) is 4.28. The smallest absolute Gasteiger partial charge is 0.312 e. The number of amides is 1. The first-order chi connectivity index (χ1) is 18.0. The molecule has 198 valence electrons. The van der Waals surface area contributed by atoms with Gasteiger partial charge in [0, 0.05) is 24.2 Å². The molecule has 38 heavy (non-hydrogen) atoms. The van der Waals surface area contributed by atoms with Crippen LogP contribution in [0.3, 0.4) is 0 Å². The lowest BCUT2D eigenvalue weighted by molar-refractivity contribution is -0.151. The predicted octanol–water partition coefficient (Wildman–Crippen LogP) is 5.95. The summed E-state index contributed by atoms with van der Waals surface area (Å²) in [6.45, 7) is 8.21. The lowest BCUT2D eigenvalue weighted by Crippen LogP contribution is -2.30. The number of nitrogens with zero attached hydrogens (tertiary/aromatic N) is 1. The van der Waals surface area contributed by atoms with Crippen molar-refractivity contribution in [2.24, 2.45) is 5.92 Å². The van der Waals surface area contributed by atoms with Crippen LogP contribution in [-0.4, -0.2) is 37.4 Å². The maximum absolute atomic E-state index is 12.8. The largest absolute Gasteiger partial charge is 0.497 e. The minimum absolute atomic E-state index is 0.0284. The van der Waals surface area contributed by atoms with Gasteiger partial charge < -0.3 is 19.1 Å². The molecule has 7 heteroatoms. The average Bonchev–Trinajstić information content (AvgIpc) is 3.30. The third kappa shape index (κ3) is 6.22.